The molecule has 0 heterocycles. The van der Waals surface area contributed by atoms with Gasteiger partial charge < -0.3 is 0 Å². The minimum absolute atomic E-state index is 0.319. The summed E-state index contributed by atoms with van der Waals surface area (Å²) < 4.78 is 0. The van der Waals surface area contributed by atoms with Crippen LogP contribution in [-0.2, 0) is 32.8 Å². The van der Waals surface area contributed by atoms with Crippen LogP contribution in [0, 0.1) is 0 Å². The first-order chi connectivity index (χ1) is 9.17. The topological polar surface area (TPSA) is 36.9 Å². The fraction of sp³-hybridized carbons (Fsp3) is 0.625. The Hall–Kier alpha value is -0.940. The smallest absolute Gasteiger partial charge is 0.108 e. The van der Waals surface area contributed by atoms with Gasteiger partial charge in [0.1, 0.15) is 13.2 Å². The zero-order chi connectivity index (χ0) is 15.2. The molecule has 0 saturated heterocycles. The number of hydrogen-bond acceptors (Lipinski definition) is 4. The van der Waals surface area contributed by atoms with Crippen molar-refractivity contribution >= 4 is 0 Å². The SMILES string of the molecule is CC(C)(C)OOCc1ccccc1COOC(C)(C)C. The van der Waals surface area contributed by atoms with Crippen molar-refractivity contribution in [2.24, 2.45) is 0 Å². The van der Waals surface area contributed by atoms with E-state index in [4.69, 9.17) is 19.6 Å². The molecular formula is C16H26O4. The van der Waals surface area contributed by atoms with Gasteiger partial charge >= 0.3 is 0 Å². The monoisotopic (exact) mass is 282 g/mol. The van der Waals surface area contributed by atoms with Crippen molar-refractivity contribution in [2.75, 3.05) is 0 Å². The van der Waals surface area contributed by atoms with Crippen molar-refractivity contribution in [2.45, 2.75) is 66.0 Å². The Balaban J connectivity index is 2.51. The summed E-state index contributed by atoms with van der Waals surface area (Å²) in [5, 5.41) is 0. The van der Waals surface area contributed by atoms with Crippen molar-refractivity contribution < 1.29 is 19.6 Å². The molecule has 0 fully saturated rings. The minimum Gasteiger partial charge on any atom is -0.231 e. The summed E-state index contributed by atoms with van der Waals surface area (Å²) in [7, 11) is 0. The average molecular weight is 282 g/mol. The lowest BCUT2D eigenvalue weighted by Crippen LogP contribution is -2.20. The zero-order valence-corrected chi connectivity index (χ0v) is 13.4. The molecule has 1 aromatic carbocycles. The largest absolute Gasteiger partial charge is 0.231 e. The molecule has 4 nitrogen and oxygen atoms in total. The zero-order valence-electron chi connectivity index (χ0n) is 13.4. The third-order valence-electron chi connectivity index (χ3n) is 2.17. The van der Waals surface area contributed by atoms with E-state index in [-0.39, 0.29) is 11.2 Å². The maximum atomic E-state index is 5.28. The van der Waals surface area contributed by atoms with Gasteiger partial charge in [-0.15, -0.1) is 0 Å². The van der Waals surface area contributed by atoms with Crippen LogP contribution in [0.1, 0.15) is 52.7 Å². The van der Waals surface area contributed by atoms with Gasteiger partial charge in [-0.2, -0.15) is 0 Å². The van der Waals surface area contributed by atoms with Crippen LogP contribution in [-0.4, -0.2) is 11.2 Å². The van der Waals surface area contributed by atoms with Crippen molar-refractivity contribution in [3.63, 3.8) is 0 Å². The Morgan fingerprint density at radius 2 is 1.05 bits per heavy atom. The molecule has 0 amide bonds. The molecule has 0 saturated carbocycles. The molecular weight excluding hydrogens is 256 g/mol. The van der Waals surface area contributed by atoms with E-state index >= 15 is 0 Å². The molecule has 0 atom stereocenters. The van der Waals surface area contributed by atoms with Crippen LogP contribution >= 0.6 is 0 Å². The summed E-state index contributed by atoms with van der Waals surface area (Å²) in [6.07, 6.45) is 0. The van der Waals surface area contributed by atoms with Crippen LogP contribution in [0.4, 0.5) is 0 Å². The predicted octanol–water partition coefficient (Wildman–Crippen LogP) is 4.18. The Morgan fingerprint density at radius 1 is 0.700 bits per heavy atom. The van der Waals surface area contributed by atoms with Gasteiger partial charge in [-0.1, -0.05) is 24.3 Å². The van der Waals surface area contributed by atoms with E-state index in [9.17, 15) is 0 Å². The highest BCUT2D eigenvalue weighted by Gasteiger charge is 2.14. The Labute approximate surface area is 121 Å². The first-order valence-electron chi connectivity index (χ1n) is 6.85. The molecule has 0 unspecified atom stereocenters. The molecule has 0 aromatic heterocycles. The molecule has 0 aliphatic carbocycles. The second-order valence-corrected chi connectivity index (χ2v) is 6.68. The fourth-order valence-corrected chi connectivity index (χ4v) is 1.38. The van der Waals surface area contributed by atoms with Crippen LogP contribution < -0.4 is 0 Å². The van der Waals surface area contributed by atoms with Crippen LogP contribution in [0.15, 0.2) is 24.3 Å². The average Bonchev–Trinajstić information content (AvgIpc) is 2.28. The maximum absolute atomic E-state index is 5.28. The predicted molar refractivity (Wildman–Crippen MR) is 77.7 cm³/mol. The second-order valence-electron chi connectivity index (χ2n) is 6.68. The van der Waals surface area contributed by atoms with Gasteiger partial charge in [-0.25, -0.2) is 19.6 Å². The summed E-state index contributed by atoms with van der Waals surface area (Å²) in [6, 6.07) is 7.90. The summed E-state index contributed by atoms with van der Waals surface area (Å²) in [5.41, 5.74) is 1.41. The Morgan fingerprint density at radius 3 is 1.35 bits per heavy atom. The first-order valence-corrected chi connectivity index (χ1v) is 6.85. The lowest BCUT2D eigenvalue weighted by atomic mass is 10.1. The number of rotatable bonds is 6. The first kappa shape index (κ1) is 17.1. The van der Waals surface area contributed by atoms with E-state index in [0.29, 0.717) is 13.2 Å². The summed E-state index contributed by atoms with van der Waals surface area (Å²) in [4.78, 5) is 21.1. The third-order valence-corrected chi connectivity index (χ3v) is 2.17. The molecule has 0 radical (unpaired) electrons. The Bertz CT molecular complexity index is 363. The molecule has 0 spiro atoms. The van der Waals surface area contributed by atoms with E-state index in [1.165, 1.54) is 0 Å². The van der Waals surface area contributed by atoms with E-state index in [2.05, 4.69) is 0 Å². The minimum atomic E-state index is -0.319. The van der Waals surface area contributed by atoms with Gasteiger partial charge in [0.15, 0.2) is 0 Å². The van der Waals surface area contributed by atoms with E-state index in [1.807, 2.05) is 65.8 Å². The maximum Gasteiger partial charge on any atom is 0.108 e. The van der Waals surface area contributed by atoms with Gasteiger partial charge in [0.05, 0.1) is 11.2 Å². The van der Waals surface area contributed by atoms with Crippen LogP contribution in [0.25, 0.3) is 0 Å². The molecule has 20 heavy (non-hydrogen) atoms. The Kier molecular flexibility index (Phi) is 6.14. The van der Waals surface area contributed by atoms with Crippen LogP contribution in [0.2, 0.25) is 0 Å². The van der Waals surface area contributed by atoms with E-state index < -0.39 is 0 Å². The molecule has 0 aliphatic heterocycles. The molecule has 114 valence electrons. The van der Waals surface area contributed by atoms with Gasteiger partial charge in [0, 0.05) is 0 Å². The summed E-state index contributed by atoms with van der Waals surface area (Å²) in [6.45, 7) is 12.4. The van der Waals surface area contributed by atoms with Crippen LogP contribution in [0.5, 0.6) is 0 Å². The molecule has 0 aliphatic rings. The van der Waals surface area contributed by atoms with E-state index in [0.717, 1.165) is 11.1 Å². The standard InChI is InChI=1S/C16H26O4/c1-15(2,3)19-17-11-13-9-7-8-10-14(13)12-18-20-16(4,5)6/h7-10H,11-12H2,1-6H3. The van der Waals surface area contributed by atoms with Crippen molar-refractivity contribution in [3.05, 3.63) is 35.4 Å². The highest BCUT2D eigenvalue weighted by molar-refractivity contribution is 5.25. The van der Waals surface area contributed by atoms with Gasteiger partial charge in [0.25, 0.3) is 0 Å². The lowest BCUT2D eigenvalue weighted by Gasteiger charge is -2.19. The van der Waals surface area contributed by atoms with Gasteiger partial charge in [-0.3, -0.25) is 0 Å². The van der Waals surface area contributed by atoms with Gasteiger partial charge in [-0.05, 0) is 52.7 Å². The highest BCUT2D eigenvalue weighted by Crippen LogP contribution is 2.16. The lowest BCUT2D eigenvalue weighted by molar-refractivity contribution is -0.360. The second kappa shape index (κ2) is 7.18. The normalized spacial score (nSPS) is 12.7. The number of hydrogen-bond donors (Lipinski definition) is 0. The fourth-order valence-electron chi connectivity index (χ4n) is 1.38. The molecule has 4 heteroatoms. The molecule has 1 rings (SSSR count). The van der Waals surface area contributed by atoms with E-state index in [1.54, 1.807) is 0 Å². The van der Waals surface area contributed by atoms with Crippen molar-refractivity contribution in [3.8, 4) is 0 Å². The van der Waals surface area contributed by atoms with Crippen LogP contribution in [0.3, 0.4) is 0 Å². The number of benzene rings is 1. The summed E-state index contributed by atoms with van der Waals surface area (Å²) in [5.74, 6) is 0. The highest BCUT2D eigenvalue weighted by atomic mass is 17.2. The summed E-state index contributed by atoms with van der Waals surface area (Å²) >= 11 is 0. The molecule has 0 N–H and O–H groups in total. The van der Waals surface area contributed by atoms with Gasteiger partial charge in [0.2, 0.25) is 0 Å². The quantitative estimate of drug-likeness (QED) is 0.579. The molecule has 0 bridgehead atoms. The third kappa shape index (κ3) is 7.60. The van der Waals surface area contributed by atoms with Crippen molar-refractivity contribution in [1.82, 2.24) is 0 Å². The van der Waals surface area contributed by atoms with Crippen molar-refractivity contribution in [1.29, 1.82) is 0 Å². The molecule has 1 aromatic rings.